The Labute approximate surface area is 154 Å². The van der Waals surface area contributed by atoms with Crippen molar-refractivity contribution in [2.45, 2.75) is 62.5 Å². The van der Waals surface area contributed by atoms with Gasteiger partial charge in [0.1, 0.15) is 0 Å². The van der Waals surface area contributed by atoms with E-state index < -0.39 is 22.1 Å². The van der Waals surface area contributed by atoms with Crippen molar-refractivity contribution in [1.29, 1.82) is 0 Å². The van der Waals surface area contributed by atoms with Gasteiger partial charge in [-0.25, -0.2) is 13.1 Å². The van der Waals surface area contributed by atoms with Crippen LogP contribution in [0.15, 0.2) is 35.2 Å². The fourth-order valence-corrected chi connectivity index (χ4v) is 3.90. The molecule has 8 heteroatoms. The third-order valence-corrected chi connectivity index (χ3v) is 5.78. The number of carbonyl (C=O) groups is 2. The van der Waals surface area contributed by atoms with Crippen molar-refractivity contribution in [2.75, 3.05) is 6.54 Å². The maximum absolute atomic E-state index is 12.1. The van der Waals surface area contributed by atoms with Gasteiger partial charge >= 0.3 is 5.97 Å². The van der Waals surface area contributed by atoms with Crippen LogP contribution in [0.25, 0.3) is 0 Å². The van der Waals surface area contributed by atoms with Crippen molar-refractivity contribution >= 4 is 21.9 Å². The number of esters is 1. The van der Waals surface area contributed by atoms with Crippen LogP contribution in [0.2, 0.25) is 0 Å². The minimum Gasteiger partial charge on any atom is -0.453 e. The largest absolute Gasteiger partial charge is 0.453 e. The summed E-state index contributed by atoms with van der Waals surface area (Å²) in [5.41, 5.74) is 0. The summed E-state index contributed by atoms with van der Waals surface area (Å²) in [5, 5.41) is 2.90. The van der Waals surface area contributed by atoms with E-state index in [0.29, 0.717) is 0 Å². The summed E-state index contributed by atoms with van der Waals surface area (Å²) >= 11 is 0. The highest BCUT2D eigenvalue weighted by molar-refractivity contribution is 7.89. The Balaban J connectivity index is 1.71. The molecule has 0 aromatic heterocycles. The SMILES string of the molecule is C[C@H](OC(=O)CCNS(=O)(=O)c1ccccc1)C(=O)NC1CCCCC1. The summed E-state index contributed by atoms with van der Waals surface area (Å²) in [6.45, 7) is 1.43. The second kappa shape index (κ2) is 9.68. The molecule has 26 heavy (non-hydrogen) atoms. The van der Waals surface area contributed by atoms with Crippen molar-refractivity contribution in [3.8, 4) is 0 Å². The van der Waals surface area contributed by atoms with Gasteiger partial charge in [0.15, 0.2) is 6.10 Å². The molecule has 1 fully saturated rings. The third-order valence-electron chi connectivity index (χ3n) is 4.30. The van der Waals surface area contributed by atoms with E-state index in [4.69, 9.17) is 4.74 Å². The molecule has 1 aromatic rings. The number of amides is 1. The Morgan fingerprint density at radius 3 is 2.46 bits per heavy atom. The van der Waals surface area contributed by atoms with Crippen molar-refractivity contribution in [2.24, 2.45) is 0 Å². The highest BCUT2D eigenvalue weighted by Crippen LogP contribution is 2.17. The molecule has 0 saturated heterocycles. The van der Waals surface area contributed by atoms with E-state index in [-0.39, 0.29) is 29.8 Å². The number of benzene rings is 1. The topological polar surface area (TPSA) is 102 Å². The molecule has 1 atom stereocenters. The average molecular weight is 382 g/mol. The summed E-state index contributed by atoms with van der Waals surface area (Å²) in [4.78, 5) is 24.0. The molecule has 7 nitrogen and oxygen atoms in total. The second-order valence-electron chi connectivity index (χ2n) is 6.44. The molecular formula is C18H26N2O5S. The summed E-state index contributed by atoms with van der Waals surface area (Å²) < 4.78 is 31.5. The van der Waals surface area contributed by atoms with E-state index in [9.17, 15) is 18.0 Å². The van der Waals surface area contributed by atoms with Gasteiger partial charge < -0.3 is 10.1 Å². The first-order valence-electron chi connectivity index (χ1n) is 8.93. The molecule has 2 rings (SSSR count). The Hall–Kier alpha value is -1.93. The zero-order valence-electron chi connectivity index (χ0n) is 14.9. The minimum atomic E-state index is -3.66. The van der Waals surface area contributed by atoms with E-state index in [1.165, 1.54) is 25.5 Å². The quantitative estimate of drug-likeness (QED) is 0.667. The highest BCUT2D eigenvalue weighted by Gasteiger charge is 2.22. The molecule has 0 bridgehead atoms. The van der Waals surface area contributed by atoms with E-state index in [0.717, 1.165) is 25.7 Å². The fraction of sp³-hybridized carbons (Fsp3) is 0.556. The van der Waals surface area contributed by atoms with Crippen molar-refractivity contribution in [3.05, 3.63) is 30.3 Å². The number of hydrogen-bond donors (Lipinski definition) is 2. The summed E-state index contributed by atoms with van der Waals surface area (Å²) in [5.74, 6) is -0.929. The molecule has 2 N–H and O–H groups in total. The average Bonchev–Trinajstić information content (AvgIpc) is 2.63. The lowest BCUT2D eigenvalue weighted by Gasteiger charge is -2.24. The first kappa shape index (κ1) is 20.4. The van der Waals surface area contributed by atoms with Gasteiger partial charge in [-0.1, -0.05) is 37.5 Å². The monoisotopic (exact) mass is 382 g/mol. The normalized spacial score (nSPS) is 16.7. The van der Waals surface area contributed by atoms with Crippen LogP contribution in [-0.2, 0) is 24.3 Å². The second-order valence-corrected chi connectivity index (χ2v) is 8.20. The molecule has 1 amide bonds. The summed E-state index contributed by atoms with van der Waals surface area (Å²) in [6, 6.07) is 8.05. The molecule has 0 heterocycles. The number of rotatable bonds is 8. The van der Waals surface area contributed by atoms with Crippen LogP contribution in [0, 0.1) is 0 Å². The van der Waals surface area contributed by atoms with Crippen LogP contribution in [0.1, 0.15) is 45.4 Å². The van der Waals surface area contributed by atoms with Crippen LogP contribution in [0.4, 0.5) is 0 Å². The van der Waals surface area contributed by atoms with Gasteiger partial charge in [0.25, 0.3) is 5.91 Å². The Morgan fingerprint density at radius 1 is 1.15 bits per heavy atom. The van der Waals surface area contributed by atoms with Crippen LogP contribution in [0.5, 0.6) is 0 Å². The number of ether oxygens (including phenoxy) is 1. The van der Waals surface area contributed by atoms with Crippen LogP contribution >= 0.6 is 0 Å². The van der Waals surface area contributed by atoms with Gasteiger partial charge in [0.05, 0.1) is 11.3 Å². The van der Waals surface area contributed by atoms with Crippen molar-refractivity contribution in [1.82, 2.24) is 10.0 Å². The van der Waals surface area contributed by atoms with Gasteiger partial charge in [0, 0.05) is 12.6 Å². The number of carbonyl (C=O) groups excluding carboxylic acids is 2. The predicted molar refractivity (Wildman–Crippen MR) is 96.8 cm³/mol. The Kier molecular flexibility index (Phi) is 7.59. The lowest BCUT2D eigenvalue weighted by atomic mass is 9.95. The van der Waals surface area contributed by atoms with Gasteiger partial charge in [0.2, 0.25) is 10.0 Å². The van der Waals surface area contributed by atoms with E-state index in [1.807, 2.05) is 0 Å². The molecule has 1 aliphatic rings. The van der Waals surface area contributed by atoms with Gasteiger partial charge in [-0.15, -0.1) is 0 Å². The van der Waals surface area contributed by atoms with E-state index in [2.05, 4.69) is 10.0 Å². The molecular weight excluding hydrogens is 356 g/mol. The molecule has 144 valence electrons. The van der Waals surface area contributed by atoms with Crippen LogP contribution in [-0.4, -0.2) is 39.0 Å². The van der Waals surface area contributed by atoms with Crippen LogP contribution in [0.3, 0.4) is 0 Å². The third kappa shape index (κ3) is 6.42. The minimum absolute atomic E-state index is 0.0903. The molecule has 1 aliphatic carbocycles. The summed E-state index contributed by atoms with van der Waals surface area (Å²) in [7, 11) is -3.66. The number of hydrogen-bond acceptors (Lipinski definition) is 5. The van der Waals surface area contributed by atoms with Gasteiger partial charge in [-0.05, 0) is 31.9 Å². The smallest absolute Gasteiger partial charge is 0.307 e. The first-order chi connectivity index (χ1) is 12.4. The molecule has 0 radical (unpaired) electrons. The Bertz CT molecular complexity index is 700. The molecule has 0 unspecified atom stereocenters. The van der Waals surface area contributed by atoms with Gasteiger partial charge in [-0.2, -0.15) is 0 Å². The highest BCUT2D eigenvalue weighted by atomic mass is 32.2. The molecule has 0 aliphatic heterocycles. The maximum atomic E-state index is 12.1. The Morgan fingerprint density at radius 2 is 1.81 bits per heavy atom. The molecule has 1 saturated carbocycles. The zero-order valence-corrected chi connectivity index (χ0v) is 15.8. The summed E-state index contributed by atoms with van der Waals surface area (Å²) in [6.07, 6.45) is 4.25. The van der Waals surface area contributed by atoms with E-state index in [1.54, 1.807) is 18.2 Å². The maximum Gasteiger partial charge on any atom is 0.307 e. The molecule has 1 aromatic carbocycles. The number of nitrogens with one attached hydrogen (secondary N) is 2. The van der Waals surface area contributed by atoms with Gasteiger partial charge in [-0.3, -0.25) is 9.59 Å². The fourth-order valence-electron chi connectivity index (χ4n) is 2.85. The van der Waals surface area contributed by atoms with Crippen molar-refractivity contribution < 1.29 is 22.7 Å². The van der Waals surface area contributed by atoms with Crippen molar-refractivity contribution in [3.63, 3.8) is 0 Å². The standard InChI is InChI=1S/C18H26N2O5S/c1-14(18(22)20-15-8-4-2-5-9-15)25-17(21)12-13-19-26(23,24)16-10-6-3-7-11-16/h3,6-7,10-11,14-15,19H,2,4-5,8-9,12-13H2,1H3,(H,20,22)/t14-/m0/s1. The predicted octanol–water partition coefficient (Wildman–Crippen LogP) is 1.74. The first-order valence-corrected chi connectivity index (χ1v) is 10.4. The lowest BCUT2D eigenvalue weighted by molar-refractivity contribution is -0.155. The zero-order chi connectivity index (χ0) is 19.0. The molecule has 0 spiro atoms. The van der Waals surface area contributed by atoms with Crippen LogP contribution < -0.4 is 10.0 Å². The van der Waals surface area contributed by atoms with E-state index >= 15 is 0 Å². The number of sulfonamides is 1. The lowest BCUT2D eigenvalue weighted by Crippen LogP contribution is -2.43.